The zero-order valence-electron chi connectivity index (χ0n) is 12.8. The lowest BCUT2D eigenvalue weighted by molar-refractivity contribution is -0.140. The molecule has 1 aromatic carbocycles. The molecule has 0 atom stereocenters. The van der Waals surface area contributed by atoms with Crippen LogP contribution >= 0.6 is 11.8 Å². The summed E-state index contributed by atoms with van der Waals surface area (Å²) in [6, 6.07) is 7.79. The molecule has 3 rings (SSSR count). The molecule has 23 heavy (non-hydrogen) atoms. The van der Waals surface area contributed by atoms with E-state index in [2.05, 4.69) is 4.74 Å². The number of para-hydroxylation sites is 1. The molecule has 0 N–H and O–H groups in total. The number of fused-ring (bicyclic) bond motifs is 1. The van der Waals surface area contributed by atoms with Crippen molar-refractivity contribution in [3.8, 4) is 0 Å². The summed E-state index contributed by atoms with van der Waals surface area (Å²) >= 11 is 1.48. The van der Waals surface area contributed by atoms with E-state index in [0.29, 0.717) is 0 Å². The zero-order valence-corrected chi connectivity index (χ0v) is 13.6. The Morgan fingerprint density at radius 1 is 1.13 bits per heavy atom. The van der Waals surface area contributed by atoms with Crippen LogP contribution in [0.25, 0.3) is 0 Å². The van der Waals surface area contributed by atoms with Crippen molar-refractivity contribution in [3.63, 3.8) is 0 Å². The average Bonchev–Trinajstić information content (AvgIpc) is 2.98. The smallest absolute Gasteiger partial charge is 0.344 e. The van der Waals surface area contributed by atoms with E-state index in [1.54, 1.807) is 6.08 Å². The molecular weight excluding hydrogens is 316 g/mol. The van der Waals surface area contributed by atoms with Crippen molar-refractivity contribution in [2.45, 2.75) is 4.90 Å². The molecule has 0 aliphatic carbocycles. The Balaban J connectivity index is 2.07. The normalized spacial score (nSPS) is 19.0. The molecule has 2 heterocycles. The first-order valence-electron chi connectivity index (χ1n) is 6.83. The van der Waals surface area contributed by atoms with Gasteiger partial charge in [-0.25, -0.2) is 4.79 Å². The topological polar surface area (TPSA) is 66.9 Å². The Hall–Kier alpha value is -2.54. The van der Waals surface area contributed by atoms with Crippen LogP contribution in [0.3, 0.4) is 0 Å². The van der Waals surface area contributed by atoms with E-state index in [-0.39, 0.29) is 11.1 Å². The number of thioether (sulfide) groups is 1. The van der Waals surface area contributed by atoms with E-state index in [1.165, 1.54) is 25.9 Å². The van der Waals surface area contributed by atoms with Gasteiger partial charge in [0.2, 0.25) is 0 Å². The van der Waals surface area contributed by atoms with Gasteiger partial charge >= 0.3 is 5.97 Å². The predicted octanol–water partition coefficient (Wildman–Crippen LogP) is 1.54. The molecule has 2 aliphatic heterocycles. The first kappa shape index (κ1) is 15.4. The highest BCUT2D eigenvalue weighted by Crippen LogP contribution is 2.45. The van der Waals surface area contributed by atoms with Gasteiger partial charge in [0.05, 0.1) is 23.4 Å². The Morgan fingerprint density at radius 2 is 1.83 bits per heavy atom. The number of carbonyl (C=O) groups excluding carboxylic acids is 3. The third-order valence-electron chi connectivity index (χ3n) is 3.75. The van der Waals surface area contributed by atoms with Crippen molar-refractivity contribution in [2.24, 2.45) is 0 Å². The molecule has 6 nitrogen and oxygen atoms in total. The van der Waals surface area contributed by atoms with Gasteiger partial charge in [-0.15, -0.1) is 0 Å². The molecule has 2 aliphatic rings. The minimum absolute atomic E-state index is 0.0616. The van der Waals surface area contributed by atoms with E-state index in [1.807, 2.05) is 36.2 Å². The van der Waals surface area contributed by atoms with Gasteiger partial charge in [0.1, 0.15) is 5.57 Å². The lowest BCUT2D eigenvalue weighted by Crippen LogP contribution is -2.28. The maximum Gasteiger partial charge on any atom is 0.344 e. The number of rotatable bonds is 2. The number of anilines is 1. The van der Waals surface area contributed by atoms with Crippen LogP contribution in [0.15, 0.2) is 51.4 Å². The van der Waals surface area contributed by atoms with E-state index in [9.17, 15) is 14.4 Å². The lowest BCUT2D eigenvalue weighted by atomic mass is 10.1. The number of carbonyl (C=O) groups is 3. The summed E-state index contributed by atoms with van der Waals surface area (Å²) in [5, 5.41) is 0.763. The second-order valence-corrected chi connectivity index (χ2v) is 6.12. The van der Waals surface area contributed by atoms with Crippen molar-refractivity contribution >= 4 is 35.2 Å². The predicted molar refractivity (Wildman–Crippen MR) is 85.6 cm³/mol. The Kier molecular flexibility index (Phi) is 3.73. The number of ether oxygens (including phenoxy) is 1. The van der Waals surface area contributed by atoms with Crippen LogP contribution in [-0.4, -0.2) is 43.9 Å². The maximum absolute atomic E-state index is 12.3. The van der Waals surface area contributed by atoms with Crippen LogP contribution in [0.1, 0.15) is 0 Å². The van der Waals surface area contributed by atoms with Gasteiger partial charge in [0, 0.05) is 19.0 Å². The second kappa shape index (κ2) is 5.58. The standard InChI is InChI=1S/C16H14N2O4S/c1-17-10-6-4-5-7-11(10)23-12(17)8-9-13(16(21)22-3)15(20)18(2)14(9)19/h4-8H,1-3H3/b12-8-. The molecule has 0 saturated heterocycles. The largest absolute Gasteiger partial charge is 0.465 e. The van der Waals surface area contributed by atoms with Crippen LogP contribution in [-0.2, 0) is 19.1 Å². The monoisotopic (exact) mass is 330 g/mol. The van der Waals surface area contributed by atoms with Gasteiger partial charge in [0.15, 0.2) is 0 Å². The summed E-state index contributed by atoms with van der Waals surface area (Å²) in [4.78, 5) is 40.1. The molecule has 0 radical (unpaired) electrons. The number of imide groups is 1. The summed E-state index contributed by atoms with van der Waals surface area (Å²) in [5.41, 5.74) is 0.845. The number of hydrogen-bond donors (Lipinski definition) is 0. The van der Waals surface area contributed by atoms with Crippen molar-refractivity contribution in [3.05, 3.63) is 46.5 Å². The number of esters is 1. The number of nitrogens with zero attached hydrogens (tertiary/aromatic N) is 2. The maximum atomic E-state index is 12.3. The van der Waals surface area contributed by atoms with Crippen LogP contribution < -0.4 is 4.90 Å². The highest BCUT2D eigenvalue weighted by molar-refractivity contribution is 8.03. The SMILES string of the molecule is COC(=O)C1=C(/C=C2\Sc3ccccc3N2C)C(=O)N(C)C1=O. The van der Waals surface area contributed by atoms with Crippen molar-refractivity contribution in [2.75, 3.05) is 26.1 Å². The minimum atomic E-state index is -0.803. The fourth-order valence-corrected chi connectivity index (χ4v) is 3.56. The number of methoxy groups -OCH3 is 1. The third-order valence-corrected chi connectivity index (χ3v) is 4.92. The molecule has 0 saturated carbocycles. The summed E-state index contributed by atoms with van der Waals surface area (Å²) in [5.74, 6) is -1.95. The molecule has 0 aromatic heterocycles. The number of likely N-dealkylation sites (N-methyl/N-ethyl adjacent to an activating group) is 1. The van der Waals surface area contributed by atoms with Gasteiger partial charge in [-0.2, -0.15) is 0 Å². The van der Waals surface area contributed by atoms with Crippen LogP contribution in [0.2, 0.25) is 0 Å². The minimum Gasteiger partial charge on any atom is -0.465 e. The van der Waals surface area contributed by atoms with Crippen molar-refractivity contribution in [1.82, 2.24) is 4.90 Å². The highest BCUT2D eigenvalue weighted by Gasteiger charge is 2.40. The van der Waals surface area contributed by atoms with E-state index < -0.39 is 17.8 Å². The fraction of sp³-hybridized carbons (Fsp3) is 0.188. The molecule has 0 unspecified atom stereocenters. The van der Waals surface area contributed by atoms with E-state index in [4.69, 9.17) is 0 Å². The molecule has 118 valence electrons. The van der Waals surface area contributed by atoms with Gasteiger partial charge in [-0.1, -0.05) is 23.9 Å². The molecule has 0 bridgehead atoms. The molecule has 2 amide bonds. The Bertz CT molecular complexity index is 797. The van der Waals surface area contributed by atoms with Gasteiger partial charge < -0.3 is 9.64 Å². The number of amides is 2. The number of benzene rings is 1. The third kappa shape index (κ3) is 2.33. The first-order chi connectivity index (χ1) is 11.0. The molecule has 0 spiro atoms. The van der Waals surface area contributed by atoms with Gasteiger partial charge in [-0.05, 0) is 18.2 Å². The number of hydrogen-bond acceptors (Lipinski definition) is 6. The molecule has 0 fully saturated rings. The summed E-state index contributed by atoms with van der Waals surface area (Å²) < 4.78 is 4.64. The first-order valence-corrected chi connectivity index (χ1v) is 7.64. The highest BCUT2D eigenvalue weighted by atomic mass is 32.2. The Labute approximate surface area is 137 Å². The second-order valence-electron chi connectivity index (χ2n) is 5.06. The van der Waals surface area contributed by atoms with E-state index in [0.717, 1.165) is 20.5 Å². The van der Waals surface area contributed by atoms with Crippen LogP contribution in [0.4, 0.5) is 5.69 Å². The quantitative estimate of drug-likeness (QED) is 0.465. The fourth-order valence-electron chi connectivity index (χ4n) is 2.47. The van der Waals surface area contributed by atoms with Crippen molar-refractivity contribution < 1.29 is 19.1 Å². The molecule has 7 heteroatoms. The Morgan fingerprint density at radius 3 is 2.48 bits per heavy atom. The van der Waals surface area contributed by atoms with Crippen LogP contribution in [0.5, 0.6) is 0 Å². The van der Waals surface area contributed by atoms with Crippen LogP contribution in [0, 0.1) is 0 Å². The summed E-state index contributed by atoms with van der Waals surface area (Å²) in [6.45, 7) is 0. The van der Waals surface area contributed by atoms with Gasteiger partial charge in [0.25, 0.3) is 11.8 Å². The van der Waals surface area contributed by atoms with E-state index >= 15 is 0 Å². The lowest BCUT2D eigenvalue weighted by Gasteiger charge is -2.13. The summed E-state index contributed by atoms with van der Waals surface area (Å²) in [6.07, 6.45) is 1.57. The van der Waals surface area contributed by atoms with Gasteiger partial charge in [-0.3, -0.25) is 14.5 Å². The zero-order chi connectivity index (χ0) is 16.7. The molecule has 1 aromatic rings. The summed E-state index contributed by atoms with van der Waals surface area (Å²) in [7, 11) is 4.40. The average molecular weight is 330 g/mol. The molecular formula is C16H14N2O4S. The van der Waals surface area contributed by atoms with Crippen molar-refractivity contribution in [1.29, 1.82) is 0 Å².